The van der Waals surface area contributed by atoms with E-state index in [-0.39, 0.29) is 0 Å². The number of aliphatic hydroxyl groups excluding tert-OH is 2. The molecular formula is C16H21NO3. The van der Waals surface area contributed by atoms with E-state index >= 15 is 0 Å². The molecule has 2 atom stereocenters. The lowest BCUT2D eigenvalue weighted by Gasteiger charge is -2.22. The molecule has 0 aliphatic heterocycles. The first-order valence-corrected chi connectivity index (χ1v) is 6.75. The van der Waals surface area contributed by atoms with Gasteiger partial charge in [0.1, 0.15) is 11.9 Å². The predicted molar refractivity (Wildman–Crippen MR) is 80.0 cm³/mol. The molecule has 108 valence electrons. The molecule has 4 heteroatoms. The standard InChI is InChI=1S/C16H21NO3/c1-17-10-9-13(18)16(19)15-12-6-4-3-5-11(12)7-8-14(15)20-2/h3-8,13,16-19H,9-10H2,1-2H3. The number of aliphatic hydroxyl groups is 2. The van der Waals surface area contributed by atoms with Crippen LogP contribution in [0.25, 0.3) is 10.8 Å². The summed E-state index contributed by atoms with van der Waals surface area (Å²) in [5.74, 6) is 0.597. The van der Waals surface area contributed by atoms with Crippen LogP contribution in [-0.2, 0) is 0 Å². The second-order valence-corrected chi connectivity index (χ2v) is 4.81. The number of hydrogen-bond donors (Lipinski definition) is 3. The van der Waals surface area contributed by atoms with Crippen LogP contribution in [0.2, 0.25) is 0 Å². The lowest BCUT2D eigenvalue weighted by atomic mass is 9.95. The number of benzene rings is 2. The first-order chi connectivity index (χ1) is 9.69. The van der Waals surface area contributed by atoms with E-state index in [4.69, 9.17) is 4.74 Å². The summed E-state index contributed by atoms with van der Waals surface area (Å²) in [7, 11) is 3.39. The van der Waals surface area contributed by atoms with Crippen LogP contribution in [0, 0.1) is 0 Å². The van der Waals surface area contributed by atoms with Gasteiger partial charge in [0.2, 0.25) is 0 Å². The van der Waals surface area contributed by atoms with E-state index in [0.29, 0.717) is 24.3 Å². The Morgan fingerprint density at radius 3 is 2.60 bits per heavy atom. The average Bonchev–Trinajstić information content (AvgIpc) is 2.50. The van der Waals surface area contributed by atoms with Crippen LogP contribution in [0.15, 0.2) is 36.4 Å². The van der Waals surface area contributed by atoms with Crippen LogP contribution in [0.3, 0.4) is 0 Å². The number of methoxy groups -OCH3 is 1. The number of rotatable bonds is 6. The summed E-state index contributed by atoms with van der Waals surface area (Å²) in [6.07, 6.45) is -1.32. The van der Waals surface area contributed by atoms with E-state index in [1.807, 2.05) is 43.4 Å². The zero-order valence-electron chi connectivity index (χ0n) is 11.8. The van der Waals surface area contributed by atoms with E-state index in [1.54, 1.807) is 7.11 Å². The Morgan fingerprint density at radius 1 is 1.15 bits per heavy atom. The van der Waals surface area contributed by atoms with Gasteiger partial charge in [-0.3, -0.25) is 0 Å². The third kappa shape index (κ3) is 2.93. The zero-order valence-corrected chi connectivity index (χ0v) is 11.8. The second-order valence-electron chi connectivity index (χ2n) is 4.81. The van der Waals surface area contributed by atoms with Crippen LogP contribution >= 0.6 is 0 Å². The minimum Gasteiger partial charge on any atom is -0.496 e. The van der Waals surface area contributed by atoms with E-state index < -0.39 is 12.2 Å². The minimum absolute atomic E-state index is 0.476. The highest BCUT2D eigenvalue weighted by atomic mass is 16.5. The van der Waals surface area contributed by atoms with E-state index in [0.717, 1.165) is 10.8 Å². The van der Waals surface area contributed by atoms with Crippen molar-refractivity contribution in [3.05, 3.63) is 42.0 Å². The van der Waals surface area contributed by atoms with Gasteiger partial charge in [-0.2, -0.15) is 0 Å². The van der Waals surface area contributed by atoms with Gasteiger partial charge >= 0.3 is 0 Å². The molecule has 0 amide bonds. The van der Waals surface area contributed by atoms with Crippen LogP contribution in [0.5, 0.6) is 5.75 Å². The fourth-order valence-electron chi connectivity index (χ4n) is 2.40. The van der Waals surface area contributed by atoms with Crippen LogP contribution in [-0.4, -0.2) is 37.0 Å². The van der Waals surface area contributed by atoms with Crippen molar-refractivity contribution in [1.82, 2.24) is 5.32 Å². The van der Waals surface area contributed by atoms with Crippen molar-refractivity contribution in [2.75, 3.05) is 20.7 Å². The Morgan fingerprint density at radius 2 is 1.90 bits per heavy atom. The number of ether oxygens (including phenoxy) is 1. The Labute approximate surface area is 119 Å². The van der Waals surface area contributed by atoms with Crippen molar-refractivity contribution < 1.29 is 14.9 Å². The molecule has 0 saturated carbocycles. The first kappa shape index (κ1) is 14.8. The van der Waals surface area contributed by atoms with Crippen molar-refractivity contribution >= 4 is 10.8 Å². The summed E-state index contributed by atoms with van der Waals surface area (Å²) >= 11 is 0. The molecule has 0 heterocycles. The largest absolute Gasteiger partial charge is 0.496 e. The molecule has 4 nitrogen and oxygen atoms in total. The fourth-order valence-corrected chi connectivity index (χ4v) is 2.40. The molecule has 2 rings (SSSR count). The van der Waals surface area contributed by atoms with Gasteiger partial charge in [-0.25, -0.2) is 0 Å². The van der Waals surface area contributed by atoms with Crippen molar-refractivity contribution in [2.45, 2.75) is 18.6 Å². The average molecular weight is 275 g/mol. The van der Waals surface area contributed by atoms with Crippen LogP contribution < -0.4 is 10.1 Å². The molecule has 0 saturated heterocycles. The summed E-state index contributed by atoms with van der Waals surface area (Å²) in [5, 5.41) is 25.5. The van der Waals surface area contributed by atoms with Crippen molar-refractivity contribution in [2.24, 2.45) is 0 Å². The molecule has 2 unspecified atom stereocenters. The smallest absolute Gasteiger partial charge is 0.125 e. The molecule has 0 spiro atoms. The van der Waals surface area contributed by atoms with Crippen molar-refractivity contribution in [3.8, 4) is 5.75 Å². The maximum Gasteiger partial charge on any atom is 0.125 e. The molecule has 2 aromatic rings. The monoisotopic (exact) mass is 275 g/mol. The molecule has 0 aliphatic carbocycles. The van der Waals surface area contributed by atoms with Gasteiger partial charge in [-0.15, -0.1) is 0 Å². The number of nitrogens with one attached hydrogen (secondary N) is 1. The minimum atomic E-state index is -0.968. The number of fused-ring (bicyclic) bond motifs is 1. The van der Waals surface area contributed by atoms with Crippen molar-refractivity contribution in [1.29, 1.82) is 0 Å². The van der Waals surface area contributed by atoms with Gasteiger partial charge in [0, 0.05) is 5.56 Å². The van der Waals surface area contributed by atoms with E-state index in [1.165, 1.54) is 0 Å². The highest BCUT2D eigenvalue weighted by Gasteiger charge is 2.23. The Bertz CT molecular complexity index is 571. The first-order valence-electron chi connectivity index (χ1n) is 6.75. The van der Waals surface area contributed by atoms with E-state index in [9.17, 15) is 10.2 Å². The molecule has 20 heavy (non-hydrogen) atoms. The number of hydrogen-bond acceptors (Lipinski definition) is 4. The van der Waals surface area contributed by atoms with Crippen molar-refractivity contribution in [3.63, 3.8) is 0 Å². The lowest BCUT2D eigenvalue weighted by molar-refractivity contribution is 0.0136. The van der Waals surface area contributed by atoms with Gasteiger partial charge in [-0.05, 0) is 36.9 Å². The SMILES string of the molecule is CNCCC(O)C(O)c1c(OC)ccc2ccccc12. The second kappa shape index (κ2) is 6.70. The third-order valence-corrected chi connectivity index (χ3v) is 3.50. The summed E-state index contributed by atoms with van der Waals surface area (Å²) in [6, 6.07) is 11.5. The van der Waals surface area contributed by atoms with Gasteiger partial charge in [-0.1, -0.05) is 30.3 Å². The Kier molecular flexibility index (Phi) is 4.95. The van der Waals surface area contributed by atoms with Crippen LogP contribution in [0.4, 0.5) is 0 Å². The van der Waals surface area contributed by atoms with Gasteiger partial charge in [0.25, 0.3) is 0 Å². The summed E-state index contributed by atoms with van der Waals surface area (Å²) in [4.78, 5) is 0. The molecule has 0 bridgehead atoms. The Hall–Kier alpha value is -1.62. The molecular weight excluding hydrogens is 254 g/mol. The maximum atomic E-state index is 10.5. The molecule has 0 radical (unpaired) electrons. The van der Waals surface area contributed by atoms with Gasteiger partial charge in [0.15, 0.2) is 0 Å². The third-order valence-electron chi connectivity index (χ3n) is 3.50. The Balaban J connectivity index is 2.44. The molecule has 0 aromatic heterocycles. The highest BCUT2D eigenvalue weighted by molar-refractivity contribution is 5.88. The van der Waals surface area contributed by atoms with Crippen LogP contribution in [0.1, 0.15) is 18.1 Å². The summed E-state index contributed by atoms with van der Waals surface area (Å²) in [6.45, 7) is 0.644. The summed E-state index contributed by atoms with van der Waals surface area (Å²) < 4.78 is 5.34. The zero-order chi connectivity index (χ0) is 14.5. The normalized spacial score (nSPS) is 14.2. The molecule has 2 aromatic carbocycles. The lowest BCUT2D eigenvalue weighted by Crippen LogP contribution is -2.23. The maximum absolute atomic E-state index is 10.5. The molecule has 3 N–H and O–H groups in total. The van der Waals surface area contributed by atoms with E-state index in [2.05, 4.69) is 5.32 Å². The molecule has 0 aliphatic rings. The molecule has 0 fully saturated rings. The predicted octanol–water partition coefficient (Wildman–Crippen LogP) is 1.85. The topological polar surface area (TPSA) is 61.7 Å². The highest BCUT2D eigenvalue weighted by Crippen LogP contribution is 2.35. The quantitative estimate of drug-likeness (QED) is 0.753. The fraction of sp³-hybridized carbons (Fsp3) is 0.375. The van der Waals surface area contributed by atoms with Gasteiger partial charge in [0.05, 0.1) is 13.2 Å². The summed E-state index contributed by atoms with van der Waals surface area (Å²) in [5.41, 5.74) is 0.647. The van der Waals surface area contributed by atoms with Gasteiger partial charge < -0.3 is 20.3 Å².